The average Bonchev–Trinajstić information content (AvgIpc) is 2.67. The molecule has 4 aliphatic rings. The minimum atomic E-state index is 0.804. The van der Waals surface area contributed by atoms with Crippen LogP contribution in [0.4, 0.5) is 0 Å². The molecule has 30 heavy (non-hydrogen) atoms. The zero-order chi connectivity index (χ0) is 20.4. The van der Waals surface area contributed by atoms with Crippen molar-refractivity contribution >= 4 is 0 Å². The van der Waals surface area contributed by atoms with Gasteiger partial charge in [-0.3, -0.25) is 0 Å². The summed E-state index contributed by atoms with van der Waals surface area (Å²) >= 11 is 0. The Morgan fingerprint density at radius 3 is 1.47 bits per heavy atom. The number of hydrogen-bond donors (Lipinski definition) is 1. The van der Waals surface area contributed by atoms with E-state index in [1.807, 2.05) is 5.57 Å². The van der Waals surface area contributed by atoms with E-state index >= 15 is 0 Å². The first-order valence-corrected chi connectivity index (χ1v) is 14.2. The number of hydrogen-bond acceptors (Lipinski definition) is 1. The number of rotatable bonds is 3. The fourth-order valence-corrected chi connectivity index (χ4v) is 7.59. The van der Waals surface area contributed by atoms with Gasteiger partial charge in [0.15, 0.2) is 0 Å². The Bertz CT molecular complexity index is 484. The third-order valence-electron chi connectivity index (χ3n) is 9.27. The maximum atomic E-state index is 3.76. The smallest absolute Gasteiger partial charge is 0.0496 e. The molecule has 1 radical (unpaired) electrons. The Morgan fingerprint density at radius 2 is 0.933 bits per heavy atom. The predicted molar refractivity (Wildman–Crippen MR) is 130 cm³/mol. The highest BCUT2D eigenvalue weighted by molar-refractivity contribution is 5.20. The van der Waals surface area contributed by atoms with Crippen molar-refractivity contribution in [2.24, 2.45) is 29.6 Å². The van der Waals surface area contributed by atoms with Gasteiger partial charge in [0.1, 0.15) is 0 Å². The normalized spacial score (nSPS) is 32.5. The van der Waals surface area contributed by atoms with E-state index in [0.29, 0.717) is 0 Å². The summed E-state index contributed by atoms with van der Waals surface area (Å²) in [5, 5.41) is 3.76. The van der Waals surface area contributed by atoms with E-state index < -0.39 is 0 Å². The average molecular weight is 413 g/mol. The third-order valence-corrected chi connectivity index (χ3v) is 9.27. The lowest BCUT2D eigenvalue weighted by Gasteiger charge is -2.45. The quantitative estimate of drug-likeness (QED) is 0.487. The van der Waals surface area contributed by atoms with Crippen molar-refractivity contribution in [2.45, 2.75) is 135 Å². The van der Waals surface area contributed by atoms with Gasteiger partial charge in [-0.2, -0.15) is 0 Å². The molecule has 1 aliphatic heterocycles. The molecule has 2 unspecified atom stereocenters. The summed E-state index contributed by atoms with van der Waals surface area (Å²) in [6, 6.07) is 0. The van der Waals surface area contributed by atoms with Gasteiger partial charge in [0.25, 0.3) is 0 Å². The van der Waals surface area contributed by atoms with Crippen molar-refractivity contribution in [3.8, 4) is 0 Å². The highest BCUT2D eigenvalue weighted by atomic mass is 14.9. The van der Waals surface area contributed by atoms with Gasteiger partial charge in [0.2, 0.25) is 0 Å². The molecular formula is C29H50N. The Labute approximate surface area is 188 Å². The molecule has 0 bridgehead atoms. The van der Waals surface area contributed by atoms with Crippen LogP contribution < -0.4 is 5.32 Å². The minimum absolute atomic E-state index is 0.804. The SMILES string of the molecule is [CH]1NC=C(C2CCCCCCC2)C(C2CCCCCCC2)C1C1CCCCCCC1. The maximum absolute atomic E-state index is 3.76. The van der Waals surface area contributed by atoms with Gasteiger partial charge < -0.3 is 5.32 Å². The first kappa shape index (κ1) is 22.7. The van der Waals surface area contributed by atoms with Crippen molar-refractivity contribution in [3.63, 3.8) is 0 Å². The van der Waals surface area contributed by atoms with Gasteiger partial charge in [-0.15, -0.1) is 0 Å². The van der Waals surface area contributed by atoms with Crippen LogP contribution in [0, 0.1) is 36.1 Å². The minimum Gasteiger partial charge on any atom is -0.386 e. The van der Waals surface area contributed by atoms with E-state index in [1.54, 1.807) is 0 Å². The van der Waals surface area contributed by atoms with Crippen molar-refractivity contribution < 1.29 is 0 Å². The van der Waals surface area contributed by atoms with E-state index in [-0.39, 0.29) is 0 Å². The lowest BCUT2D eigenvalue weighted by atomic mass is 9.62. The fraction of sp³-hybridized carbons (Fsp3) is 0.897. The van der Waals surface area contributed by atoms with Gasteiger partial charge >= 0.3 is 0 Å². The summed E-state index contributed by atoms with van der Waals surface area (Å²) in [6.07, 6.45) is 33.7. The molecule has 0 spiro atoms. The van der Waals surface area contributed by atoms with Crippen LogP contribution in [0.15, 0.2) is 11.8 Å². The van der Waals surface area contributed by atoms with Crippen LogP contribution >= 0.6 is 0 Å². The van der Waals surface area contributed by atoms with Gasteiger partial charge in [-0.1, -0.05) is 109 Å². The van der Waals surface area contributed by atoms with E-state index in [2.05, 4.69) is 18.1 Å². The second-order valence-electron chi connectivity index (χ2n) is 11.3. The molecule has 0 amide bonds. The lowest BCUT2D eigenvalue weighted by molar-refractivity contribution is 0.142. The lowest BCUT2D eigenvalue weighted by Crippen LogP contribution is -2.40. The van der Waals surface area contributed by atoms with Gasteiger partial charge in [-0.05, 0) is 67.0 Å². The van der Waals surface area contributed by atoms with Gasteiger partial charge in [0, 0.05) is 6.54 Å². The zero-order valence-electron chi connectivity index (χ0n) is 19.9. The summed E-state index contributed by atoms with van der Waals surface area (Å²) in [5.41, 5.74) is 1.89. The first-order chi connectivity index (χ1) is 14.9. The standard InChI is InChI=1S/C29H50N/c1-4-10-16-24(17-11-5-1)27-22-30-23-28(25-18-12-6-2-7-13-19-25)29(27)26-20-14-8-3-9-15-21-26/h22-27,29-30H,1-21H2. The molecule has 4 rings (SSSR count). The zero-order valence-corrected chi connectivity index (χ0v) is 19.9. The summed E-state index contributed by atoms with van der Waals surface area (Å²) in [7, 11) is 0. The molecular weight excluding hydrogens is 362 g/mol. The third kappa shape index (κ3) is 6.29. The molecule has 3 saturated carbocycles. The Hall–Kier alpha value is -0.460. The van der Waals surface area contributed by atoms with Crippen molar-refractivity contribution in [1.29, 1.82) is 0 Å². The van der Waals surface area contributed by atoms with Crippen LogP contribution in [-0.4, -0.2) is 0 Å². The molecule has 3 fully saturated rings. The molecule has 3 aliphatic carbocycles. The van der Waals surface area contributed by atoms with Crippen LogP contribution in [0.1, 0.15) is 135 Å². The van der Waals surface area contributed by atoms with E-state index in [0.717, 1.165) is 29.6 Å². The molecule has 1 nitrogen and oxygen atoms in total. The Kier molecular flexibility index (Phi) is 9.50. The second-order valence-corrected chi connectivity index (χ2v) is 11.3. The topological polar surface area (TPSA) is 12.0 Å². The van der Waals surface area contributed by atoms with Crippen LogP contribution in [0.25, 0.3) is 0 Å². The highest BCUT2D eigenvalue weighted by Gasteiger charge is 2.40. The largest absolute Gasteiger partial charge is 0.386 e. The molecule has 0 aromatic heterocycles. The first-order valence-electron chi connectivity index (χ1n) is 14.2. The van der Waals surface area contributed by atoms with Crippen LogP contribution in [-0.2, 0) is 0 Å². The predicted octanol–water partition coefficient (Wildman–Crippen LogP) is 8.95. The van der Waals surface area contributed by atoms with E-state index in [9.17, 15) is 0 Å². The summed E-state index contributed by atoms with van der Waals surface area (Å²) in [6.45, 7) is 2.59. The number of nitrogens with one attached hydrogen (secondary N) is 1. The van der Waals surface area contributed by atoms with Crippen molar-refractivity contribution in [1.82, 2.24) is 5.32 Å². The van der Waals surface area contributed by atoms with E-state index in [1.165, 1.54) is 135 Å². The molecule has 0 aromatic rings. The maximum Gasteiger partial charge on any atom is 0.0496 e. The molecule has 171 valence electrons. The monoisotopic (exact) mass is 412 g/mol. The van der Waals surface area contributed by atoms with Crippen LogP contribution in [0.2, 0.25) is 0 Å². The Morgan fingerprint density at radius 1 is 0.500 bits per heavy atom. The summed E-state index contributed by atoms with van der Waals surface area (Å²) in [4.78, 5) is 0. The number of allylic oxidation sites excluding steroid dienone is 1. The van der Waals surface area contributed by atoms with Crippen molar-refractivity contribution in [2.75, 3.05) is 0 Å². The van der Waals surface area contributed by atoms with E-state index in [4.69, 9.17) is 0 Å². The summed E-state index contributed by atoms with van der Waals surface area (Å²) < 4.78 is 0. The van der Waals surface area contributed by atoms with Crippen LogP contribution in [0.5, 0.6) is 0 Å². The molecule has 0 aromatic carbocycles. The Balaban J connectivity index is 1.56. The van der Waals surface area contributed by atoms with Crippen LogP contribution in [0.3, 0.4) is 0 Å². The second kappa shape index (κ2) is 12.5. The van der Waals surface area contributed by atoms with Gasteiger partial charge in [0.05, 0.1) is 0 Å². The molecule has 1 N–H and O–H groups in total. The van der Waals surface area contributed by atoms with Crippen molar-refractivity contribution in [3.05, 3.63) is 18.3 Å². The molecule has 1 heterocycles. The fourth-order valence-electron chi connectivity index (χ4n) is 7.59. The summed E-state index contributed by atoms with van der Waals surface area (Å²) in [5.74, 6) is 4.43. The van der Waals surface area contributed by atoms with Gasteiger partial charge in [-0.25, -0.2) is 0 Å². The molecule has 2 atom stereocenters. The molecule has 1 heteroatoms. The molecule has 0 saturated heterocycles. The highest BCUT2D eigenvalue weighted by Crippen LogP contribution is 2.48.